The van der Waals surface area contributed by atoms with Crippen LogP contribution in [0, 0.1) is 5.92 Å². The number of fused-ring (bicyclic) bond motifs is 3. The molecular formula is C25H29F3N2O3. The van der Waals surface area contributed by atoms with Crippen LogP contribution in [0.25, 0.3) is 0 Å². The second-order valence-electron chi connectivity index (χ2n) is 8.64. The van der Waals surface area contributed by atoms with Crippen LogP contribution >= 0.6 is 0 Å². The minimum absolute atomic E-state index is 0.0177. The summed E-state index contributed by atoms with van der Waals surface area (Å²) in [5.74, 6) is 0.799. The number of carbonyl (C=O) groups is 1. The minimum Gasteiger partial charge on any atom is -0.493 e. The second-order valence-corrected chi connectivity index (χ2v) is 8.64. The van der Waals surface area contributed by atoms with E-state index < -0.39 is 11.7 Å². The van der Waals surface area contributed by atoms with Gasteiger partial charge in [0, 0.05) is 24.8 Å². The first kappa shape index (κ1) is 23.3. The Morgan fingerprint density at radius 2 is 1.88 bits per heavy atom. The van der Waals surface area contributed by atoms with Crippen molar-refractivity contribution in [2.45, 2.75) is 44.3 Å². The molecule has 2 aromatic carbocycles. The lowest BCUT2D eigenvalue weighted by atomic mass is 9.80. The third kappa shape index (κ3) is 4.89. The zero-order valence-corrected chi connectivity index (χ0v) is 18.9. The Labute approximate surface area is 191 Å². The van der Waals surface area contributed by atoms with Gasteiger partial charge in [-0.2, -0.15) is 13.2 Å². The number of anilines is 1. The smallest absolute Gasteiger partial charge is 0.416 e. The van der Waals surface area contributed by atoms with Crippen LogP contribution in [0.15, 0.2) is 36.4 Å². The molecule has 0 aromatic heterocycles. The molecule has 33 heavy (non-hydrogen) atoms. The van der Waals surface area contributed by atoms with Crippen LogP contribution in [0.4, 0.5) is 18.9 Å². The van der Waals surface area contributed by atoms with Crippen LogP contribution in [0.3, 0.4) is 0 Å². The SMILES string of the molecule is COc1ccc(CCNC(=O)[C@@H]2Cc3cc(C(F)(F)F)ccc3N3CCCC[C@@H]23)cc1OC. The molecule has 178 valence electrons. The van der Waals surface area contributed by atoms with Gasteiger partial charge in [-0.1, -0.05) is 6.07 Å². The number of nitrogens with one attached hydrogen (secondary N) is 1. The van der Waals surface area contributed by atoms with E-state index >= 15 is 0 Å². The Morgan fingerprint density at radius 3 is 2.61 bits per heavy atom. The van der Waals surface area contributed by atoms with Gasteiger partial charge in [0.15, 0.2) is 11.5 Å². The maximum Gasteiger partial charge on any atom is 0.416 e. The molecule has 0 unspecified atom stereocenters. The first-order valence-corrected chi connectivity index (χ1v) is 11.3. The third-order valence-corrected chi connectivity index (χ3v) is 6.67. The molecule has 1 saturated heterocycles. The number of nitrogens with zero attached hydrogens (tertiary/aromatic N) is 1. The van der Waals surface area contributed by atoms with Gasteiger partial charge in [0.25, 0.3) is 0 Å². The number of methoxy groups -OCH3 is 2. The zero-order valence-electron chi connectivity index (χ0n) is 18.9. The van der Waals surface area contributed by atoms with E-state index in [1.165, 1.54) is 6.07 Å². The molecule has 1 fully saturated rings. The van der Waals surface area contributed by atoms with Crippen molar-refractivity contribution in [3.63, 3.8) is 0 Å². The molecule has 2 heterocycles. The number of amides is 1. The van der Waals surface area contributed by atoms with E-state index in [1.807, 2.05) is 18.2 Å². The maximum absolute atomic E-state index is 13.3. The normalized spacial score (nSPS) is 20.0. The molecule has 2 aliphatic rings. The summed E-state index contributed by atoms with van der Waals surface area (Å²) in [5, 5.41) is 3.02. The number of piperidine rings is 1. The van der Waals surface area contributed by atoms with Crippen LogP contribution < -0.4 is 19.7 Å². The van der Waals surface area contributed by atoms with Crippen LogP contribution in [0.1, 0.15) is 36.0 Å². The highest BCUT2D eigenvalue weighted by Gasteiger charge is 2.40. The van der Waals surface area contributed by atoms with Crippen molar-refractivity contribution in [2.24, 2.45) is 5.92 Å². The molecule has 0 bridgehead atoms. The molecule has 0 saturated carbocycles. The Hall–Kier alpha value is -2.90. The lowest BCUT2D eigenvalue weighted by Crippen LogP contribution is -2.53. The van der Waals surface area contributed by atoms with E-state index in [4.69, 9.17) is 9.47 Å². The lowest BCUT2D eigenvalue weighted by Gasteiger charge is -2.46. The van der Waals surface area contributed by atoms with Crippen molar-refractivity contribution in [3.05, 3.63) is 53.1 Å². The fourth-order valence-electron chi connectivity index (χ4n) is 5.02. The minimum atomic E-state index is -4.40. The molecule has 0 radical (unpaired) electrons. The third-order valence-electron chi connectivity index (χ3n) is 6.67. The molecule has 0 aliphatic carbocycles. The largest absolute Gasteiger partial charge is 0.493 e. The van der Waals surface area contributed by atoms with Crippen molar-refractivity contribution in [1.82, 2.24) is 5.32 Å². The molecule has 2 aromatic rings. The summed E-state index contributed by atoms with van der Waals surface area (Å²) in [6.45, 7) is 1.20. The molecular weight excluding hydrogens is 433 g/mol. The Morgan fingerprint density at radius 1 is 1.09 bits per heavy atom. The van der Waals surface area contributed by atoms with Gasteiger partial charge in [0.1, 0.15) is 0 Å². The fourth-order valence-corrected chi connectivity index (χ4v) is 5.02. The Balaban J connectivity index is 1.47. The molecule has 2 atom stereocenters. The first-order valence-electron chi connectivity index (χ1n) is 11.3. The van der Waals surface area contributed by atoms with Crippen LogP contribution in [0.2, 0.25) is 0 Å². The highest BCUT2D eigenvalue weighted by molar-refractivity contribution is 5.82. The monoisotopic (exact) mass is 462 g/mol. The standard InChI is InChI=1S/C25H29F3N2O3/c1-32-22-9-6-16(13-23(22)33-2)10-11-29-24(31)19-15-17-14-18(25(26,27)28)7-8-20(17)30-12-4-3-5-21(19)30/h6-9,13-14,19,21H,3-5,10-12,15H2,1-2H3,(H,29,31)/t19-,21+/m1/s1. The first-order chi connectivity index (χ1) is 15.8. The Bertz CT molecular complexity index is 1010. The molecule has 1 amide bonds. The van der Waals surface area contributed by atoms with Crippen LogP contribution in [-0.2, 0) is 23.8 Å². The molecule has 4 rings (SSSR count). The fraction of sp³-hybridized carbons (Fsp3) is 0.480. The number of rotatable bonds is 6. The molecule has 1 N–H and O–H groups in total. The van der Waals surface area contributed by atoms with Crippen molar-refractivity contribution < 1.29 is 27.4 Å². The predicted molar refractivity (Wildman–Crippen MR) is 120 cm³/mol. The van der Waals surface area contributed by atoms with Gasteiger partial charge in [-0.25, -0.2) is 0 Å². The number of benzene rings is 2. The predicted octanol–water partition coefficient (Wildman–Crippen LogP) is 4.61. The zero-order chi connectivity index (χ0) is 23.6. The summed E-state index contributed by atoms with van der Waals surface area (Å²) in [7, 11) is 3.15. The van der Waals surface area contributed by atoms with E-state index in [1.54, 1.807) is 20.3 Å². The highest BCUT2D eigenvalue weighted by Crippen LogP contribution is 2.41. The van der Waals surface area contributed by atoms with Gasteiger partial charge in [-0.15, -0.1) is 0 Å². The van der Waals surface area contributed by atoms with Gasteiger partial charge >= 0.3 is 6.18 Å². The van der Waals surface area contributed by atoms with Gasteiger partial charge in [0.2, 0.25) is 5.91 Å². The van der Waals surface area contributed by atoms with E-state index in [-0.39, 0.29) is 17.9 Å². The van der Waals surface area contributed by atoms with Crippen LogP contribution in [-0.4, -0.2) is 39.3 Å². The van der Waals surface area contributed by atoms with Crippen molar-refractivity contribution in [3.8, 4) is 11.5 Å². The maximum atomic E-state index is 13.3. The topological polar surface area (TPSA) is 50.8 Å². The summed E-state index contributed by atoms with van der Waals surface area (Å²) in [6, 6.07) is 9.57. The number of halogens is 3. The van der Waals surface area contributed by atoms with Crippen molar-refractivity contribution in [2.75, 3.05) is 32.2 Å². The van der Waals surface area contributed by atoms with E-state index in [0.717, 1.165) is 43.1 Å². The Kier molecular flexibility index (Phi) is 6.72. The number of hydrogen-bond acceptors (Lipinski definition) is 4. The van der Waals surface area contributed by atoms with Crippen LogP contribution in [0.5, 0.6) is 11.5 Å². The van der Waals surface area contributed by atoms with Crippen molar-refractivity contribution >= 4 is 11.6 Å². The summed E-state index contributed by atoms with van der Waals surface area (Å²) in [5.41, 5.74) is 1.77. The van der Waals surface area contributed by atoms with Gasteiger partial charge in [-0.05, 0) is 73.6 Å². The summed E-state index contributed by atoms with van der Waals surface area (Å²) in [4.78, 5) is 15.3. The average molecular weight is 463 g/mol. The number of hydrogen-bond donors (Lipinski definition) is 1. The van der Waals surface area contributed by atoms with E-state index in [9.17, 15) is 18.0 Å². The van der Waals surface area contributed by atoms with Gasteiger partial charge in [-0.3, -0.25) is 4.79 Å². The number of alkyl halides is 3. The van der Waals surface area contributed by atoms with Gasteiger partial charge in [0.05, 0.1) is 25.7 Å². The second kappa shape index (κ2) is 9.53. The molecule has 0 spiro atoms. The quantitative estimate of drug-likeness (QED) is 0.681. The summed E-state index contributed by atoms with van der Waals surface area (Å²) in [6.07, 6.45) is -0.596. The van der Waals surface area contributed by atoms with E-state index in [0.29, 0.717) is 36.4 Å². The molecule has 8 heteroatoms. The summed E-state index contributed by atoms with van der Waals surface area (Å²) < 4.78 is 50.4. The number of ether oxygens (including phenoxy) is 2. The highest BCUT2D eigenvalue weighted by atomic mass is 19.4. The lowest BCUT2D eigenvalue weighted by molar-refractivity contribution is -0.137. The number of carbonyl (C=O) groups excluding carboxylic acids is 1. The average Bonchev–Trinajstić information content (AvgIpc) is 2.82. The summed E-state index contributed by atoms with van der Waals surface area (Å²) >= 11 is 0. The molecule has 2 aliphatic heterocycles. The molecule has 5 nitrogen and oxygen atoms in total. The van der Waals surface area contributed by atoms with Gasteiger partial charge < -0.3 is 19.7 Å². The van der Waals surface area contributed by atoms with E-state index in [2.05, 4.69) is 10.2 Å². The van der Waals surface area contributed by atoms with Crippen molar-refractivity contribution in [1.29, 1.82) is 0 Å².